The molecule has 0 radical (unpaired) electrons. The number of nitrogens with zero attached hydrogens (tertiary/aromatic N) is 5. The average molecular weight is 284 g/mol. The van der Waals surface area contributed by atoms with Crippen LogP contribution in [0.5, 0.6) is 0 Å². The Labute approximate surface area is 124 Å². The maximum atomic E-state index is 4.24. The van der Waals surface area contributed by atoms with Gasteiger partial charge in [-0.25, -0.2) is 9.97 Å². The van der Waals surface area contributed by atoms with E-state index in [2.05, 4.69) is 25.6 Å². The summed E-state index contributed by atoms with van der Waals surface area (Å²) in [6, 6.07) is 1.27. The van der Waals surface area contributed by atoms with Gasteiger partial charge in [0.1, 0.15) is 11.5 Å². The highest BCUT2D eigenvalue weighted by Crippen LogP contribution is 2.35. The third kappa shape index (κ3) is 2.55. The Morgan fingerprint density at radius 2 is 2.14 bits per heavy atom. The second kappa shape index (κ2) is 5.18. The van der Waals surface area contributed by atoms with Gasteiger partial charge in [0.05, 0.1) is 12.7 Å². The Kier molecular flexibility index (Phi) is 3.18. The topological polar surface area (TPSA) is 68.5 Å². The van der Waals surface area contributed by atoms with Crippen molar-refractivity contribution < 1.29 is 0 Å². The molecule has 6 heteroatoms. The maximum absolute atomic E-state index is 4.24. The molecule has 2 aromatic heterocycles. The van der Waals surface area contributed by atoms with Gasteiger partial charge in [-0.15, -0.1) is 5.10 Å². The Morgan fingerprint density at radius 3 is 2.95 bits per heavy atom. The van der Waals surface area contributed by atoms with Gasteiger partial charge in [-0.1, -0.05) is 11.6 Å². The van der Waals surface area contributed by atoms with Gasteiger partial charge in [-0.05, 0) is 32.1 Å². The molecular formula is C15H20N6. The molecule has 0 amide bonds. The van der Waals surface area contributed by atoms with Crippen molar-refractivity contribution in [1.29, 1.82) is 0 Å². The molecule has 3 heterocycles. The van der Waals surface area contributed by atoms with Gasteiger partial charge in [0.25, 0.3) is 0 Å². The van der Waals surface area contributed by atoms with Crippen molar-refractivity contribution in [1.82, 2.24) is 30.3 Å². The lowest BCUT2D eigenvalue weighted by atomic mass is 10.0. The van der Waals surface area contributed by atoms with E-state index in [9.17, 15) is 0 Å². The maximum Gasteiger partial charge on any atom is 0.125 e. The quantitative estimate of drug-likeness (QED) is 0.926. The number of hydrogen-bond donors (Lipinski definition) is 1. The first-order chi connectivity index (χ1) is 10.3. The highest BCUT2D eigenvalue weighted by Gasteiger charge is 2.36. The molecule has 1 saturated heterocycles. The van der Waals surface area contributed by atoms with E-state index >= 15 is 0 Å². The highest BCUT2D eigenvalue weighted by atomic mass is 15.4. The zero-order valence-corrected chi connectivity index (χ0v) is 12.2. The van der Waals surface area contributed by atoms with Crippen LogP contribution >= 0.6 is 0 Å². The number of aryl methyl sites for hydroxylation is 1. The van der Waals surface area contributed by atoms with Crippen LogP contribution in [0.4, 0.5) is 0 Å². The fourth-order valence-corrected chi connectivity index (χ4v) is 3.67. The van der Waals surface area contributed by atoms with Crippen molar-refractivity contribution in [3.05, 3.63) is 24.4 Å². The summed E-state index contributed by atoms with van der Waals surface area (Å²) in [6.45, 7) is 2.77. The van der Waals surface area contributed by atoms with Crippen molar-refractivity contribution in [2.75, 3.05) is 0 Å². The minimum absolute atomic E-state index is 0.532. The molecule has 1 N–H and O–H groups in total. The molecule has 2 aromatic rings. The van der Waals surface area contributed by atoms with Crippen molar-refractivity contribution in [2.24, 2.45) is 5.92 Å². The van der Waals surface area contributed by atoms with Gasteiger partial charge in [0.2, 0.25) is 0 Å². The van der Waals surface area contributed by atoms with E-state index in [1.54, 1.807) is 12.4 Å². The molecule has 0 aromatic carbocycles. The van der Waals surface area contributed by atoms with Gasteiger partial charge in [0.15, 0.2) is 0 Å². The summed E-state index contributed by atoms with van der Waals surface area (Å²) in [4.78, 5) is 8.41. The predicted molar refractivity (Wildman–Crippen MR) is 78.5 cm³/mol. The van der Waals surface area contributed by atoms with Crippen LogP contribution < -0.4 is 5.32 Å². The van der Waals surface area contributed by atoms with Crippen LogP contribution in [0.25, 0.3) is 11.3 Å². The SMILES string of the molecule is Cc1ncc(-c2cn(C[C@@H]3C[C@@H]4CCC[C@@H]4N3)nn2)cn1. The van der Waals surface area contributed by atoms with E-state index in [1.807, 2.05) is 17.8 Å². The molecule has 6 nitrogen and oxygen atoms in total. The normalized spacial score (nSPS) is 28.0. The third-order valence-corrected chi connectivity index (χ3v) is 4.72. The molecule has 1 aliphatic carbocycles. The first kappa shape index (κ1) is 12.9. The fraction of sp³-hybridized carbons (Fsp3) is 0.600. The first-order valence-electron chi connectivity index (χ1n) is 7.73. The molecule has 110 valence electrons. The number of nitrogens with one attached hydrogen (secondary N) is 1. The zero-order chi connectivity index (χ0) is 14.2. The lowest BCUT2D eigenvalue weighted by Gasteiger charge is -2.12. The van der Waals surface area contributed by atoms with Gasteiger partial charge in [0, 0.05) is 30.0 Å². The van der Waals surface area contributed by atoms with Crippen LogP contribution in [0.1, 0.15) is 31.5 Å². The predicted octanol–water partition coefficient (Wildman–Crippen LogP) is 1.57. The van der Waals surface area contributed by atoms with Crippen molar-refractivity contribution in [3.63, 3.8) is 0 Å². The summed E-state index contributed by atoms with van der Waals surface area (Å²) in [5.41, 5.74) is 1.76. The van der Waals surface area contributed by atoms with Crippen molar-refractivity contribution in [2.45, 2.75) is 51.2 Å². The van der Waals surface area contributed by atoms with Crippen LogP contribution in [-0.2, 0) is 6.54 Å². The Bertz CT molecular complexity index is 607. The number of hydrogen-bond acceptors (Lipinski definition) is 5. The van der Waals surface area contributed by atoms with Gasteiger partial charge in [-0.3, -0.25) is 4.68 Å². The second-order valence-corrected chi connectivity index (χ2v) is 6.24. The number of fused-ring (bicyclic) bond motifs is 1. The monoisotopic (exact) mass is 284 g/mol. The lowest BCUT2D eigenvalue weighted by molar-refractivity contribution is 0.437. The first-order valence-corrected chi connectivity index (χ1v) is 7.73. The molecule has 0 bridgehead atoms. The molecule has 1 saturated carbocycles. The Hall–Kier alpha value is -1.82. The van der Waals surface area contributed by atoms with Crippen LogP contribution in [-0.4, -0.2) is 37.0 Å². The van der Waals surface area contributed by atoms with Gasteiger partial charge >= 0.3 is 0 Å². The Balaban J connectivity index is 1.44. The smallest absolute Gasteiger partial charge is 0.125 e. The van der Waals surface area contributed by atoms with E-state index < -0.39 is 0 Å². The van der Waals surface area contributed by atoms with Gasteiger partial charge in [-0.2, -0.15) is 0 Å². The largest absolute Gasteiger partial charge is 0.309 e. The minimum Gasteiger partial charge on any atom is -0.309 e. The molecule has 1 aliphatic heterocycles. The third-order valence-electron chi connectivity index (χ3n) is 4.72. The zero-order valence-electron chi connectivity index (χ0n) is 12.2. The summed E-state index contributed by atoms with van der Waals surface area (Å²) < 4.78 is 1.94. The molecule has 0 unspecified atom stereocenters. The second-order valence-electron chi connectivity index (χ2n) is 6.24. The molecule has 3 atom stereocenters. The molecule has 2 aliphatic rings. The molecular weight excluding hydrogens is 264 g/mol. The van der Waals surface area contributed by atoms with E-state index in [-0.39, 0.29) is 0 Å². The van der Waals surface area contributed by atoms with Crippen LogP contribution in [0.15, 0.2) is 18.6 Å². The van der Waals surface area contributed by atoms with Crippen LogP contribution in [0.2, 0.25) is 0 Å². The lowest BCUT2D eigenvalue weighted by Crippen LogP contribution is -2.32. The average Bonchev–Trinajstić information content (AvgIpc) is 3.16. The summed E-state index contributed by atoms with van der Waals surface area (Å²) in [6.07, 6.45) is 11.0. The number of rotatable bonds is 3. The standard InChI is InChI=1S/C15H20N6/c1-10-16-6-12(7-17-10)15-9-21(20-19-15)8-13-5-11-3-2-4-14(11)18-13/h6-7,9,11,13-14,18H,2-5,8H2,1H3/t11-,13-,14-/m0/s1. The summed E-state index contributed by atoms with van der Waals surface area (Å²) in [5, 5.41) is 12.2. The van der Waals surface area contributed by atoms with E-state index in [0.717, 1.165) is 35.6 Å². The molecule has 2 fully saturated rings. The van der Waals surface area contributed by atoms with Crippen molar-refractivity contribution in [3.8, 4) is 11.3 Å². The van der Waals surface area contributed by atoms with Crippen LogP contribution in [0.3, 0.4) is 0 Å². The summed E-state index contributed by atoms with van der Waals surface area (Å²) in [7, 11) is 0. The van der Waals surface area contributed by atoms with Crippen LogP contribution in [0, 0.1) is 12.8 Å². The van der Waals surface area contributed by atoms with E-state index in [1.165, 1.54) is 25.7 Å². The fourth-order valence-electron chi connectivity index (χ4n) is 3.67. The minimum atomic E-state index is 0.532. The van der Waals surface area contributed by atoms with Crippen molar-refractivity contribution >= 4 is 0 Å². The Morgan fingerprint density at radius 1 is 1.29 bits per heavy atom. The van der Waals surface area contributed by atoms with Gasteiger partial charge < -0.3 is 5.32 Å². The molecule has 21 heavy (non-hydrogen) atoms. The molecule has 4 rings (SSSR count). The van der Waals surface area contributed by atoms with E-state index in [0.29, 0.717) is 6.04 Å². The van der Waals surface area contributed by atoms with E-state index in [4.69, 9.17) is 0 Å². The molecule has 0 spiro atoms. The number of aromatic nitrogens is 5. The highest BCUT2D eigenvalue weighted by molar-refractivity contribution is 5.54. The summed E-state index contributed by atoms with van der Waals surface area (Å²) >= 11 is 0. The summed E-state index contributed by atoms with van der Waals surface area (Å²) in [5.74, 6) is 1.65.